The van der Waals surface area contributed by atoms with E-state index in [4.69, 9.17) is 0 Å². The summed E-state index contributed by atoms with van der Waals surface area (Å²) in [4.78, 5) is 21.5. The van der Waals surface area contributed by atoms with Gasteiger partial charge in [-0.1, -0.05) is 0 Å². The molecule has 6 heteroatoms. The highest BCUT2D eigenvalue weighted by molar-refractivity contribution is 5.96. The predicted octanol–water partition coefficient (Wildman–Crippen LogP) is 2.41. The number of hydrogen-bond donors (Lipinski definition) is 0. The first-order valence-corrected chi connectivity index (χ1v) is 4.20. The summed E-state index contributed by atoms with van der Waals surface area (Å²) in [6.45, 7) is 1.03. The van der Waals surface area contributed by atoms with Gasteiger partial charge >= 0.3 is 18.1 Å². The number of rotatable bonds is 1. The van der Waals surface area contributed by atoms with E-state index in [2.05, 4.69) is 4.74 Å². The highest BCUT2D eigenvalue weighted by atomic mass is 19.4. The molecule has 0 saturated carbocycles. The molecule has 0 heterocycles. The topological polar surface area (TPSA) is 43.4 Å². The average molecular weight is 232 g/mol. The van der Waals surface area contributed by atoms with Gasteiger partial charge in [-0.05, 0) is 24.3 Å². The Bertz CT molecular complexity index is 406. The third kappa shape index (κ3) is 3.08. The Kier molecular flexibility index (Phi) is 3.31. The van der Waals surface area contributed by atoms with Crippen molar-refractivity contribution in [2.24, 2.45) is 0 Å². The third-order valence-electron chi connectivity index (χ3n) is 1.68. The number of carbonyl (C=O) groups is 2. The van der Waals surface area contributed by atoms with E-state index < -0.39 is 23.7 Å². The standard InChI is InChI=1S/C10H7F3O3/c1-6(14)16-9(15)7-2-4-8(5-3-7)10(11,12)13/h2-5H,1H3. The minimum Gasteiger partial charge on any atom is -0.390 e. The Morgan fingerprint density at radius 2 is 1.62 bits per heavy atom. The second-order valence-corrected chi connectivity index (χ2v) is 2.96. The van der Waals surface area contributed by atoms with E-state index >= 15 is 0 Å². The minimum atomic E-state index is -4.46. The Morgan fingerprint density at radius 1 is 1.12 bits per heavy atom. The van der Waals surface area contributed by atoms with Crippen LogP contribution >= 0.6 is 0 Å². The molecule has 1 aromatic rings. The van der Waals surface area contributed by atoms with E-state index in [1.165, 1.54) is 0 Å². The number of hydrogen-bond acceptors (Lipinski definition) is 3. The molecule has 0 aliphatic heterocycles. The fourth-order valence-corrected chi connectivity index (χ4v) is 0.985. The molecule has 0 saturated heterocycles. The van der Waals surface area contributed by atoms with Gasteiger partial charge in [0.05, 0.1) is 11.1 Å². The lowest BCUT2D eigenvalue weighted by Crippen LogP contribution is -2.10. The number of carbonyl (C=O) groups excluding carboxylic acids is 2. The van der Waals surface area contributed by atoms with Crippen LogP contribution in [0.5, 0.6) is 0 Å². The first kappa shape index (κ1) is 12.2. The van der Waals surface area contributed by atoms with E-state index in [-0.39, 0.29) is 5.56 Å². The molecule has 0 aliphatic carbocycles. The van der Waals surface area contributed by atoms with Crippen LogP contribution in [0.3, 0.4) is 0 Å². The van der Waals surface area contributed by atoms with Crippen molar-refractivity contribution >= 4 is 11.9 Å². The maximum absolute atomic E-state index is 12.2. The molecule has 1 rings (SSSR count). The van der Waals surface area contributed by atoms with Crippen LogP contribution in [0.2, 0.25) is 0 Å². The van der Waals surface area contributed by atoms with Crippen molar-refractivity contribution in [3.05, 3.63) is 35.4 Å². The summed E-state index contributed by atoms with van der Waals surface area (Å²) in [5, 5.41) is 0. The molecule has 0 fully saturated rings. The van der Waals surface area contributed by atoms with Gasteiger partial charge in [-0.25, -0.2) is 4.79 Å². The molecule has 0 aromatic heterocycles. The van der Waals surface area contributed by atoms with Crippen LogP contribution in [0.25, 0.3) is 0 Å². The largest absolute Gasteiger partial charge is 0.416 e. The van der Waals surface area contributed by atoms with E-state index in [9.17, 15) is 22.8 Å². The van der Waals surface area contributed by atoms with E-state index in [1.807, 2.05) is 0 Å². The van der Waals surface area contributed by atoms with Crippen LogP contribution in [0.1, 0.15) is 22.8 Å². The maximum atomic E-state index is 12.2. The summed E-state index contributed by atoms with van der Waals surface area (Å²) in [5.74, 6) is -1.79. The maximum Gasteiger partial charge on any atom is 0.416 e. The Labute approximate surface area is 88.8 Å². The van der Waals surface area contributed by atoms with E-state index in [0.717, 1.165) is 31.2 Å². The molecular formula is C10H7F3O3. The highest BCUT2D eigenvalue weighted by Gasteiger charge is 2.30. The molecule has 16 heavy (non-hydrogen) atoms. The normalized spacial score (nSPS) is 11.0. The Hall–Kier alpha value is -1.85. The summed E-state index contributed by atoms with van der Waals surface area (Å²) in [5.41, 5.74) is -0.977. The zero-order chi connectivity index (χ0) is 12.3. The van der Waals surface area contributed by atoms with Gasteiger partial charge in [-0.2, -0.15) is 13.2 Å². The van der Waals surface area contributed by atoms with Crippen molar-refractivity contribution in [2.45, 2.75) is 13.1 Å². The molecule has 0 aliphatic rings. The smallest absolute Gasteiger partial charge is 0.390 e. The molecule has 0 N–H and O–H groups in total. The summed E-state index contributed by atoms with van der Waals surface area (Å²) in [6.07, 6.45) is -4.46. The SMILES string of the molecule is CC(=O)OC(=O)c1ccc(C(F)(F)F)cc1. The second kappa shape index (κ2) is 4.34. The molecular weight excluding hydrogens is 225 g/mol. The van der Waals surface area contributed by atoms with Gasteiger partial charge in [0, 0.05) is 6.92 Å². The molecule has 0 amide bonds. The highest BCUT2D eigenvalue weighted by Crippen LogP contribution is 2.29. The van der Waals surface area contributed by atoms with Crippen molar-refractivity contribution in [2.75, 3.05) is 0 Å². The van der Waals surface area contributed by atoms with Crippen LogP contribution in [0.4, 0.5) is 13.2 Å². The summed E-state index contributed by atoms with van der Waals surface area (Å²) < 4.78 is 40.7. The van der Waals surface area contributed by atoms with Gasteiger partial charge in [-0.15, -0.1) is 0 Å². The lowest BCUT2D eigenvalue weighted by atomic mass is 10.1. The summed E-state index contributed by atoms with van der Waals surface area (Å²) >= 11 is 0. The molecule has 86 valence electrons. The lowest BCUT2D eigenvalue weighted by molar-refractivity contribution is -0.138. The van der Waals surface area contributed by atoms with E-state index in [1.54, 1.807) is 0 Å². The van der Waals surface area contributed by atoms with Crippen molar-refractivity contribution in [3.8, 4) is 0 Å². The van der Waals surface area contributed by atoms with Gasteiger partial charge in [0.15, 0.2) is 0 Å². The Balaban J connectivity index is 2.87. The zero-order valence-electron chi connectivity index (χ0n) is 8.17. The lowest BCUT2D eigenvalue weighted by Gasteiger charge is -2.06. The van der Waals surface area contributed by atoms with Crippen LogP contribution in [-0.4, -0.2) is 11.9 Å². The van der Waals surface area contributed by atoms with Crippen molar-refractivity contribution in [3.63, 3.8) is 0 Å². The van der Waals surface area contributed by atoms with Crippen LogP contribution in [-0.2, 0) is 15.7 Å². The van der Waals surface area contributed by atoms with Crippen LogP contribution < -0.4 is 0 Å². The zero-order valence-corrected chi connectivity index (χ0v) is 8.17. The first-order valence-electron chi connectivity index (χ1n) is 4.20. The molecule has 0 spiro atoms. The second-order valence-electron chi connectivity index (χ2n) is 2.96. The molecule has 0 atom stereocenters. The van der Waals surface area contributed by atoms with Crippen LogP contribution in [0.15, 0.2) is 24.3 Å². The minimum absolute atomic E-state index is 0.108. The number of ether oxygens (including phenoxy) is 1. The molecule has 0 unspecified atom stereocenters. The quantitative estimate of drug-likeness (QED) is 0.551. The number of halogens is 3. The van der Waals surface area contributed by atoms with Crippen molar-refractivity contribution in [1.82, 2.24) is 0 Å². The van der Waals surface area contributed by atoms with Gasteiger partial charge < -0.3 is 4.74 Å². The summed E-state index contributed by atoms with van der Waals surface area (Å²) in [7, 11) is 0. The van der Waals surface area contributed by atoms with Gasteiger partial charge in [-0.3, -0.25) is 4.79 Å². The number of benzene rings is 1. The third-order valence-corrected chi connectivity index (χ3v) is 1.68. The Morgan fingerprint density at radius 3 is 2.00 bits per heavy atom. The number of alkyl halides is 3. The molecule has 0 radical (unpaired) electrons. The van der Waals surface area contributed by atoms with Crippen molar-refractivity contribution < 1.29 is 27.5 Å². The van der Waals surface area contributed by atoms with E-state index in [0.29, 0.717) is 0 Å². The van der Waals surface area contributed by atoms with Crippen molar-refractivity contribution in [1.29, 1.82) is 0 Å². The molecule has 3 nitrogen and oxygen atoms in total. The molecule has 1 aromatic carbocycles. The monoisotopic (exact) mass is 232 g/mol. The fraction of sp³-hybridized carbons (Fsp3) is 0.200. The van der Waals surface area contributed by atoms with Gasteiger partial charge in [0.2, 0.25) is 0 Å². The fourth-order valence-electron chi connectivity index (χ4n) is 0.985. The van der Waals surface area contributed by atoms with Crippen LogP contribution in [0, 0.1) is 0 Å². The molecule has 0 bridgehead atoms. The average Bonchev–Trinajstić information content (AvgIpc) is 2.15. The first-order chi connectivity index (χ1) is 7.30. The summed E-state index contributed by atoms with van der Waals surface area (Å²) in [6, 6.07) is 3.40. The van der Waals surface area contributed by atoms with Gasteiger partial charge in [0.1, 0.15) is 0 Å². The number of esters is 2. The predicted molar refractivity (Wildman–Crippen MR) is 47.5 cm³/mol. The van der Waals surface area contributed by atoms with Gasteiger partial charge in [0.25, 0.3) is 0 Å².